The summed E-state index contributed by atoms with van der Waals surface area (Å²) in [6, 6.07) is 13.7. The van der Waals surface area contributed by atoms with Gasteiger partial charge in [0.2, 0.25) is 5.91 Å². The van der Waals surface area contributed by atoms with Crippen LogP contribution in [0.4, 0.5) is 5.69 Å². The molecule has 3 rings (SSSR count). The molecule has 1 aliphatic rings. The number of benzene rings is 2. The third kappa shape index (κ3) is 4.26. The van der Waals surface area contributed by atoms with Crippen molar-refractivity contribution in [2.75, 3.05) is 11.2 Å². The average molecular weight is 330 g/mol. The molecule has 0 atom stereocenters. The van der Waals surface area contributed by atoms with E-state index in [0.29, 0.717) is 18.7 Å². The van der Waals surface area contributed by atoms with Crippen LogP contribution in [0.5, 0.6) is 11.5 Å². The van der Waals surface area contributed by atoms with Crippen molar-refractivity contribution >= 4 is 23.2 Å². The van der Waals surface area contributed by atoms with E-state index < -0.39 is 0 Å². The van der Waals surface area contributed by atoms with Gasteiger partial charge in [-0.3, -0.25) is 4.79 Å². The standard InChI is InChI=1S/C19H20ClNO2/c20-12-2-5-19(22)21-16-7-10-17(11-8-16)23-18-9-6-14-3-1-4-15(14)13-18/h6-11,13H,1-5,12H2,(H,21,22). The van der Waals surface area contributed by atoms with E-state index in [0.717, 1.165) is 23.6 Å². The van der Waals surface area contributed by atoms with Crippen molar-refractivity contribution in [3.8, 4) is 11.5 Å². The lowest BCUT2D eigenvalue weighted by atomic mass is 10.1. The third-order valence-corrected chi connectivity index (χ3v) is 4.25. The Morgan fingerprint density at radius 1 is 1.04 bits per heavy atom. The fourth-order valence-electron chi connectivity index (χ4n) is 2.80. The highest BCUT2D eigenvalue weighted by molar-refractivity contribution is 6.18. The summed E-state index contributed by atoms with van der Waals surface area (Å²) in [5.41, 5.74) is 3.60. The van der Waals surface area contributed by atoms with Gasteiger partial charge in [-0.05, 0) is 73.2 Å². The molecule has 4 heteroatoms. The van der Waals surface area contributed by atoms with Gasteiger partial charge in [0, 0.05) is 18.0 Å². The fourth-order valence-corrected chi connectivity index (χ4v) is 2.94. The fraction of sp³-hybridized carbons (Fsp3) is 0.316. The Kier molecular flexibility index (Phi) is 5.19. The second-order valence-corrected chi connectivity index (χ2v) is 6.13. The van der Waals surface area contributed by atoms with E-state index in [1.54, 1.807) is 0 Å². The maximum absolute atomic E-state index is 11.7. The molecule has 1 N–H and O–H groups in total. The summed E-state index contributed by atoms with van der Waals surface area (Å²) in [6.07, 6.45) is 4.67. The minimum Gasteiger partial charge on any atom is -0.457 e. The lowest BCUT2D eigenvalue weighted by molar-refractivity contribution is -0.116. The van der Waals surface area contributed by atoms with Gasteiger partial charge in [0.25, 0.3) is 0 Å². The highest BCUT2D eigenvalue weighted by Gasteiger charge is 2.11. The molecule has 2 aromatic carbocycles. The van der Waals surface area contributed by atoms with Crippen LogP contribution in [0.15, 0.2) is 42.5 Å². The van der Waals surface area contributed by atoms with Gasteiger partial charge in [-0.15, -0.1) is 11.6 Å². The molecule has 0 aromatic heterocycles. The quantitative estimate of drug-likeness (QED) is 0.763. The van der Waals surface area contributed by atoms with Crippen molar-refractivity contribution in [3.63, 3.8) is 0 Å². The Morgan fingerprint density at radius 3 is 2.57 bits per heavy atom. The molecule has 0 aliphatic heterocycles. The molecular weight excluding hydrogens is 310 g/mol. The van der Waals surface area contributed by atoms with Crippen LogP contribution in [0.3, 0.4) is 0 Å². The van der Waals surface area contributed by atoms with Crippen LogP contribution < -0.4 is 10.1 Å². The van der Waals surface area contributed by atoms with Crippen LogP contribution in [-0.4, -0.2) is 11.8 Å². The van der Waals surface area contributed by atoms with E-state index in [1.807, 2.05) is 30.3 Å². The number of ether oxygens (including phenoxy) is 1. The molecule has 0 unspecified atom stereocenters. The number of alkyl halides is 1. The average Bonchev–Trinajstić information content (AvgIpc) is 3.02. The third-order valence-electron chi connectivity index (χ3n) is 3.98. The van der Waals surface area contributed by atoms with Crippen LogP contribution in [0.2, 0.25) is 0 Å². The monoisotopic (exact) mass is 329 g/mol. The molecule has 0 heterocycles. The Labute approximate surface area is 141 Å². The molecule has 0 spiro atoms. The van der Waals surface area contributed by atoms with Gasteiger partial charge in [-0.2, -0.15) is 0 Å². The van der Waals surface area contributed by atoms with Gasteiger partial charge >= 0.3 is 0 Å². The summed E-state index contributed by atoms with van der Waals surface area (Å²) >= 11 is 5.59. The number of rotatable bonds is 6. The van der Waals surface area contributed by atoms with Gasteiger partial charge in [0.1, 0.15) is 11.5 Å². The lowest BCUT2D eigenvalue weighted by Crippen LogP contribution is -2.11. The van der Waals surface area contributed by atoms with Crippen LogP contribution >= 0.6 is 11.6 Å². The number of nitrogens with one attached hydrogen (secondary N) is 1. The van der Waals surface area contributed by atoms with E-state index in [2.05, 4.69) is 17.4 Å². The Morgan fingerprint density at radius 2 is 1.78 bits per heavy atom. The molecule has 0 saturated carbocycles. The highest BCUT2D eigenvalue weighted by Crippen LogP contribution is 2.29. The normalized spacial score (nSPS) is 12.7. The minimum atomic E-state index is -0.0158. The van der Waals surface area contributed by atoms with Crippen LogP contribution in [0.1, 0.15) is 30.4 Å². The minimum absolute atomic E-state index is 0.0158. The summed E-state index contributed by atoms with van der Waals surface area (Å²) in [5.74, 6) is 2.12. The smallest absolute Gasteiger partial charge is 0.224 e. The maximum atomic E-state index is 11.7. The predicted molar refractivity (Wildman–Crippen MR) is 93.6 cm³/mol. The second kappa shape index (κ2) is 7.51. The van der Waals surface area contributed by atoms with Gasteiger partial charge < -0.3 is 10.1 Å². The number of amides is 1. The Hall–Kier alpha value is -2.00. The molecule has 0 fully saturated rings. The van der Waals surface area contributed by atoms with Crippen molar-refractivity contribution < 1.29 is 9.53 Å². The Balaban J connectivity index is 1.60. The first kappa shape index (κ1) is 15.9. The number of hydrogen-bond donors (Lipinski definition) is 1. The van der Waals surface area contributed by atoms with Gasteiger partial charge in [0.15, 0.2) is 0 Å². The van der Waals surface area contributed by atoms with Crippen molar-refractivity contribution in [1.82, 2.24) is 0 Å². The van der Waals surface area contributed by atoms with Crippen molar-refractivity contribution in [1.29, 1.82) is 0 Å². The molecule has 0 saturated heterocycles. The first-order chi connectivity index (χ1) is 11.2. The summed E-state index contributed by atoms with van der Waals surface area (Å²) in [7, 11) is 0. The summed E-state index contributed by atoms with van der Waals surface area (Å²) in [6.45, 7) is 0. The number of anilines is 1. The summed E-state index contributed by atoms with van der Waals surface area (Å²) < 4.78 is 5.90. The van der Waals surface area contributed by atoms with Crippen LogP contribution in [0.25, 0.3) is 0 Å². The molecule has 2 aromatic rings. The zero-order valence-corrected chi connectivity index (χ0v) is 13.7. The van der Waals surface area contributed by atoms with E-state index in [1.165, 1.54) is 24.0 Å². The largest absolute Gasteiger partial charge is 0.457 e. The first-order valence-corrected chi connectivity index (χ1v) is 8.53. The number of hydrogen-bond acceptors (Lipinski definition) is 2. The van der Waals surface area contributed by atoms with Gasteiger partial charge in [-0.1, -0.05) is 6.07 Å². The number of aryl methyl sites for hydroxylation is 2. The number of fused-ring (bicyclic) bond motifs is 1. The van der Waals surface area contributed by atoms with Crippen molar-refractivity contribution in [2.45, 2.75) is 32.1 Å². The van der Waals surface area contributed by atoms with E-state index in [9.17, 15) is 4.79 Å². The highest BCUT2D eigenvalue weighted by atomic mass is 35.5. The molecule has 1 aliphatic carbocycles. The number of carbonyl (C=O) groups is 1. The molecule has 3 nitrogen and oxygen atoms in total. The molecule has 1 amide bonds. The molecule has 23 heavy (non-hydrogen) atoms. The van der Waals surface area contributed by atoms with E-state index in [-0.39, 0.29) is 5.91 Å². The predicted octanol–water partition coefficient (Wildman–Crippen LogP) is 4.93. The molecule has 0 radical (unpaired) electrons. The second-order valence-electron chi connectivity index (χ2n) is 5.75. The SMILES string of the molecule is O=C(CCCCl)Nc1ccc(Oc2ccc3c(c2)CCC3)cc1. The zero-order chi connectivity index (χ0) is 16.1. The number of carbonyl (C=O) groups excluding carboxylic acids is 1. The van der Waals surface area contributed by atoms with E-state index in [4.69, 9.17) is 16.3 Å². The van der Waals surface area contributed by atoms with Crippen LogP contribution in [-0.2, 0) is 17.6 Å². The van der Waals surface area contributed by atoms with Crippen molar-refractivity contribution in [2.24, 2.45) is 0 Å². The van der Waals surface area contributed by atoms with Gasteiger partial charge in [0.05, 0.1) is 0 Å². The molecule has 120 valence electrons. The first-order valence-electron chi connectivity index (χ1n) is 8.00. The summed E-state index contributed by atoms with van der Waals surface area (Å²) in [4.78, 5) is 11.7. The summed E-state index contributed by atoms with van der Waals surface area (Å²) in [5, 5.41) is 2.85. The van der Waals surface area contributed by atoms with Crippen LogP contribution in [0, 0.1) is 0 Å². The van der Waals surface area contributed by atoms with E-state index >= 15 is 0 Å². The molecule has 0 bridgehead atoms. The topological polar surface area (TPSA) is 38.3 Å². The molecular formula is C19H20ClNO2. The lowest BCUT2D eigenvalue weighted by Gasteiger charge is -2.09. The Bertz CT molecular complexity index is 682. The number of halogens is 1. The zero-order valence-electron chi connectivity index (χ0n) is 13.0. The van der Waals surface area contributed by atoms with Gasteiger partial charge in [-0.25, -0.2) is 0 Å². The van der Waals surface area contributed by atoms with Crippen molar-refractivity contribution in [3.05, 3.63) is 53.6 Å². The maximum Gasteiger partial charge on any atom is 0.224 e.